The second-order valence-electron chi connectivity index (χ2n) is 4.94. The number of ether oxygens (including phenoxy) is 1. The maximum absolute atomic E-state index is 11.5. The molecule has 0 aliphatic heterocycles. The van der Waals surface area contributed by atoms with Crippen LogP contribution in [0.3, 0.4) is 0 Å². The molecule has 0 aliphatic rings. The maximum Gasteiger partial charge on any atom is 0.307 e. The molecule has 0 bridgehead atoms. The Morgan fingerprint density at radius 1 is 1.22 bits per heavy atom. The van der Waals surface area contributed by atoms with E-state index in [-0.39, 0.29) is 30.3 Å². The quantitative estimate of drug-likeness (QED) is 0.680. The summed E-state index contributed by atoms with van der Waals surface area (Å²) in [5.74, 6) is 0.395. The molecular weight excluding hydrogens is 230 g/mol. The van der Waals surface area contributed by atoms with E-state index < -0.39 is 0 Å². The first-order valence-electron chi connectivity index (χ1n) is 6.85. The fourth-order valence-corrected chi connectivity index (χ4v) is 2.14. The molecule has 0 aromatic carbocycles. The topological polar surface area (TPSA) is 55.4 Å². The predicted octanol–water partition coefficient (Wildman–Crippen LogP) is 2.52. The molecule has 106 valence electrons. The van der Waals surface area contributed by atoms with E-state index in [0.717, 1.165) is 12.8 Å². The minimum absolute atomic E-state index is 0.0974. The lowest BCUT2D eigenvalue weighted by Gasteiger charge is -2.28. The van der Waals surface area contributed by atoms with Crippen LogP contribution >= 0.6 is 0 Å². The van der Waals surface area contributed by atoms with E-state index in [1.807, 2.05) is 0 Å². The van der Waals surface area contributed by atoms with Gasteiger partial charge in [0.15, 0.2) is 0 Å². The van der Waals surface area contributed by atoms with Gasteiger partial charge in [-0.2, -0.15) is 0 Å². The summed E-state index contributed by atoms with van der Waals surface area (Å²) in [5.41, 5.74) is 0. The van der Waals surface area contributed by atoms with Crippen molar-refractivity contribution in [2.24, 2.45) is 11.8 Å². The average molecular weight is 257 g/mol. The van der Waals surface area contributed by atoms with Crippen LogP contribution in [0, 0.1) is 11.8 Å². The van der Waals surface area contributed by atoms with Crippen LogP contribution in [0.1, 0.15) is 53.9 Å². The monoisotopic (exact) mass is 257 g/mol. The van der Waals surface area contributed by atoms with E-state index in [0.29, 0.717) is 12.5 Å². The van der Waals surface area contributed by atoms with Gasteiger partial charge < -0.3 is 10.1 Å². The number of hydrogen-bond acceptors (Lipinski definition) is 3. The first-order chi connectivity index (χ1) is 8.42. The summed E-state index contributed by atoms with van der Waals surface area (Å²) >= 11 is 0. The summed E-state index contributed by atoms with van der Waals surface area (Å²) in [6.45, 7) is 10.0. The minimum Gasteiger partial charge on any atom is -0.466 e. The van der Waals surface area contributed by atoms with Gasteiger partial charge in [-0.15, -0.1) is 0 Å². The Balaban J connectivity index is 4.55. The zero-order chi connectivity index (χ0) is 14.1. The van der Waals surface area contributed by atoms with Gasteiger partial charge in [0.25, 0.3) is 0 Å². The molecule has 4 heteroatoms. The highest BCUT2D eigenvalue weighted by Crippen LogP contribution is 2.22. The molecule has 0 rings (SSSR count). The molecular formula is C14H27NO3. The van der Waals surface area contributed by atoms with E-state index in [9.17, 15) is 9.59 Å². The molecule has 0 fully saturated rings. The van der Waals surface area contributed by atoms with Crippen LogP contribution in [0.5, 0.6) is 0 Å². The number of nitrogens with one attached hydrogen (secondary N) is 1. The third-order valence-electron chi connectivity index (χ3n) is 3.36. The van der Waals surface area contributed by atoms with Gasteiger partial charge in [0.2, 0.25) is 5.91 Å². The lowest BCUT2D eigenvalue weighted by Crippen LogP contribution is -2.42. The van der Waals surface area contributed by atoms with E-state index >= 15 is 0 Å². The summed E-state index contributed by atoms with van der Waals surface area (Å²) in [7, 11) is 0. The molecule has 4 nitrogen and oxygen atoms in total. The zero-order valence-corrected chi connectivity index (χ0v) is 12.3. The SMILES string of the molecule is CCC[C@@H](C)[C@@H](C)[C@H](CC(=O)OCC)NC(C)=O. The first kappa shape index (κ1) is 16.9. The van der Waals surface area contributed by atoms with Gasteiger partial charge >= 0.3 is 5.97 Å². The van der Waals surface area contributed by atoms with Crippen LogP contribution in [-0.4, -0.2) is 24.5 Å². The zero-order valence-electron chi connectivity index (χ0n) is 12.3. The van der Waals surface area contributed by atoms with Crippen LogP contribution in [0.25, 0.3) is 0 Å². The van der Waals surface area contributed by atoms with Crippen molar-refractivity contribution in [3.63, 3.8) is 0 Å². The van der Waals surface area contributed by atoms with Gasteiger partial charge in [-0.1, -0.05) is 33.6 Å². The van der Waals surface area contributed by atoms with Crippen molar-refractivity contribution in [2.75, 3.05) is 6.61 Å². The van der Waals surface area contributed by atoms with Crippen molar-refractivity contribution >= 4 is 11.9 Å². The van der Waals surface area contributed by atoms with Crippen molar-refractivity contribution in [1.29, 1.82) is 0 Å². The molecule has 0 saturated carbocycles. The molecule has 3 atom stereocenters. The lowest BCUT2D eigenvalue weighted by atomic mass is 9.84. The molecule has 0 spiro atoms. The molecule has 18 heavy (non-hydrogen) atoms. The van der Waals surface area contributed by atoms with Crippen molar-refractivity contribution in [2.45, 2.75) is 59.9 Å². The second kappa shape index (κ2) is 8.95. The smallest absolute Gasteiger partial charge is 0.307 e. The standard InChI is InChI=1S/C14H27NO3/c1-6-8-10(3)11(4)13(15-12(5)16)9-14(17)18-7-2/h10-11,13H,6-9H2,1-5H3,(H,15,16)/t10-,11-,13+/m1/s1. The second-order valence-corrected chi connectivity index (χ2v) is 4.94. The number of carbonyl (C=O) groups is 2. The maximum atomic E-state index is 11.5. The Morgan fingerprint density at radius 3 is 2.28 bits per heavy atom. The molecule has 0 heterocycles. The van der Waals surface area contributed by atoms with Crippen molar-refractivity contribution in [3.05, 3.63) is 0 Å². The minimum atomic E-state index is -0.244. The molecule has 0 unspecified atom stereocenters. The molecule has 0 aromatic rings. The van der Waals surface area contributed by atoms with Crippen LogP contribution in [-0.2, 0) is 14.3 Å². The van der Waals surface area contributed by atoms with E-state index in [2.05, 4.69) is 26.1 Å². The van der Waals surface area contributed by atoms with Gasteiger partial charge in [-0.3, -0.25) is 9.59 Å². The van der Waals surface area contributed by atoms with Crippen LogP contribution < -0.4 is 5.32 Å². The van der Waals surface area contributed by atoms with Crippen molar-refractivity contribution in [3.8, 4) is 0 Å². The van der Waals surface area contributed by atoms with Gasteiger partial charge in [0.05, 0.1) is 13.0 Å². The Hall–Kier alpha value is -1.06. The van der Waals surface area contributed by atoms with E-state index in [1.54, 1.807) is 6.92 Å². The molecule has 1 N–H and O–H groups in total. The molecule has 1 amide bonds. The van der Waals surface area contributed by atoms with Gasteiger partial charge in [0, 0.05) is 13.0 Å². The number of rotatable bonds is 8. The van der Waals surface area contributed by atoms with Gasteiger partial charge in [-0.25, -0.2) is 0 Å². The molecule has 0 saturated heterocycles. The number of hydrogen-bond donors (Lipinski definition) is 1. The Morgan fingerprint density at radius 2 is 1.83 bits per heavy atom. The van der Waals surface area contributed by atoms with Gasteiger partial charge in [0.1, 0.15) is 0 Å². The fourth-order valence-electron chi connectivity index (χ4n) is 2.14. The summed E-state index contributed by atoms with van der Waals surface area (Å²) in [5, 5.41) is 2.87. The normalized spacial score (nSPS) is 15.6. The summed E-state index contributed by atoms with van der Waals surface area (Å²) < 4.78 is 4.95. The highest BCUT2D eigenvalue weighted by atomic mass is 16.5. The lowest BCUT2D eigenvalue weighted by molar-refractivity contribution is -0.144. The van der Waals surface area contributed by atoms with Crippen LogP contribution in [0.4, 0.5) is 0 Å². The summed E-state index contributed by atoms with van der Waals surface area (Å²) in [4.78, 5) is 22.8. The Labute approximate surface area is 110 Å². The van der Waals surface area contributed by atoms with E-state index in [4.69, 9.17) is 4.74 Å². The third kappa shape index (κ3) is 6.62. The fraction of sp³-hybridized carbons (Fsp3) is 0.857. The number of esters is 1. The predicted molar refractivity (Wildman–Crippen MR) is 72.1 cm³/mol. The largest absolute Gasteiger partial charge is 0.466 e. The molecule has 0 radical (unpaired) electrons. The number of carbonyl (C=O) groups excluding carboxylic acids is 2. The van der Waals surface area contributed by atoms with Crippen molar-refractivity contribution in [1.82, 2.24) is 5.32 Å². The third-order valence-corrected chi connectivity index (χ3v) is 3.36. The summed E-state index contributed by atoms with van der Waals surface area (Å²) in [6, 6.07) is -0.136. The van der Waals surface area contributed by atoms with Gasteiger partial charge in [-0.05, 0) is 18.8 Å². The van der Waals surface area contributed by atoms with E-state index in [1.165, 1.54) is 6.92 Å². The molecule has 0 aromatic heterocycles. The Bertz CT molecular complexity index is 266. The number of amides is 1. The highest BCUT2D eigenvalue weighted by molar-refractivity contribution is 5.75. The Kier molecular flexibility index (Phi) is 8.42. The van der Waals surface area contributed by atoms with Crippen molar-refractivity contribution < 1.29 is 14.3 Å². The van der Waals surface area contributed by atoms with Crippen LogP contribution in [0.15, 0.2) is 0 Å². The summed E-state index contributed by atoms with van der Waals surface area (Å²) in [6.07, 6.45) is 2.46. The highest BCUT2D eigenvalue weighted by Gasteiger charge is 2.25. The average Bonchev–Trinajstić information content (AvgIpc) is 2.27. The molecule has 0 aliphatic carbocycles. The van der Waals surface area contributed by atoms with Crippen LogP contribution in [0.2, 0.25) is 0 Å². The first-order valence-corrected chi connectivity index (χ1v) is 6.85.